The smallest absolute Gasteiger partial charge is 0.252 e. The second kappa shape index (κ2) is 8.86. The first kappa shape index (κ1) is 20.0. The Balaban J connectivity index is 2.13. The summed E-state index contributed by atoms with van der Waals surface area (Å²) in [4.78, 5) is 16.7. The van der Waals surface area contributed by atoms with E-state index < -0.39 is 10.0 Å². The third kappa shape index (κ3) is 5.58. The van der Waals surface area contributed by atoms with Crippen LogP contribution >= 0.6 is 27.3 Å². The molecule has 0 spiro atoms. The number of nitrogens with zero attached hydrogens (tertiary/aromatic N) is 1. The molecule has 0 aliphatic heterocycles. The quantitative estimate of drug-likeness (QED) is 0.603. The average molecular weight is 448 g/mol. The number of sulfonamides is 1. The van der Waals surface area contributed by atoms with Gasteiger partial charge in [-0.1, -0.05) is 0 Å². The lowest BCUT2D eigenvalue weighted by molar-refractivity contribution is 0.0950. The maximum Gasteiger partial charge on any atom is 0.252 e. The maximum absolute atomic E-state index is 12.4. The topological polar surface area (TPSA) is 97.4 Å². The van der Waals surface area contributed by atoms with Gasteiger partial charge in [-0.25, -0.2) is 18.1 Å². The lowest BCUT2D eigenvalue weighted by Crippen LogP contribution is -2.28. The first-order valence-corrected chi connectivity index (χ1v) is 10.5. The van der Waals surface area contributed by atoms with E-state index >= 15 is 0 Å². The van der Waals surface area contributed by atoms with Gasteiger partial charge < -0.3 is 10.1 Å². The second-order valence-electron chi connectivity index (χ2n) is 5.10. The second-order valence-corrected chi connectivity index (χ2v) is 8.66. The van der Waals surface area contributed by atoms with E-state index in [9.17, 15) is 13.2 Å². The summed E-state index contributed by atoms with van der Waals surface area (Å²) in [7, 11) is -2.22. The van der Waals surface area contributed by atoms with Crippen LogP contribution in [-0.4, -0.2) is 39.6 Å². The number of aryl methyl sites for hydroxylation is 1. The van der Waals surface area contributed by atoms with Gasteiger partial charge in [0.2, 0.25) is 10.0 Å². The summed E-state index contributed by atoms with van der Waals surface area (Å²) in [5.41, 5.74) is 1.13. The van der Waals surface area contributed by atoms with E-state index in [1.165, 1.54) is 36.6 Å². The Labute approximate surface area is 159 Å². The molecule has 136 valence electrons. The van der Waals surface area contributed by atoms with Crippen LogP contribution in [0.3, 0.4) is 0 Å². The molecule has 0 fully saturated rings. The first-order valence-electron chi connectivity index (χ1n) is 7.31. The molecule has 25 heavy (non-hydrogen) atoms. The van der Waals surface area contributed by atoms with Gasteiger partial charge in [0.25, 0.3) is 5.91 Å². The molecule has 0 aliphatic rings. The van der Waals surface area contributed by atoms with Gasteiger partial charge in [0, 0.05) is 29.2 Å². The fourth-order valence-electron chi connectivity index (χ4n) is 1.94. The molecular weight excluding hydrogens is 430 g/mol. The highest BCUT2D eigenvalue weighted by atomic mass is 79.9. The van der Waals surface area contributed by atoms with Crippen LogP contribution in [0.2, 0.25) is 0 Å². The fourth-order valence-corrected chi connectivity index (χ4v) is 4.12. The van der Waals surface area contributed by atoms with Crippen molar-refractivity contribution >= 4 is 43.2 Å². The minimum atomic E-state index is -3.71. The molecule has 0 aliphatic carbocycles. The van der Waals surface area contributed by atoms with Crippen molar-refractivity contribution in [3.05, 3.63) is 44.3 Å². The number of methoxy groups -OCH3 is 1. The minimum absolute atomic E-state index is 0.0158. The van der Waals surface area contributed by atoms with E-state index in [0.29, 0.717) is 4.47 Å². The Morgan fingerprint density at radius 1 is 1.40 bits per heavy atom. The van der Waals surface area contributed by atoms with Gasteiger partial charge >= 0.3 is 0 Å². The van der Waals surface area contributed by atoms with E-state index in [1.807, 2.05) is 12.3 Å². The monoisotopic (exact) mass is 447 g/mol. The molecular formula is C15H18BrN3O4S2. The standard InChI is InChI=1S/C15H18BrN3O4S2/c1-10-9-24-14(19-10)8-17-15(20)12-7-11(3-4-13(12)16)25(21,22)18-5-6-23-2/h3-4,7,9,18H,5-6,8H2,1-2H3,(H,17,20). The molecule has 0 bridgehead atoms. The van der Waals surface area contributed by atoms with Gasteiger partial charge in [-0.2, -0.15) is 0 Å². The van der Waals surface area contributed by atoms with Crippen molar-refractivity contribution in [1.29, 1.82) is 0 Å². The molecule has 1 amide bonds. The number of hydrogen-bond acceptors (Lipinski definition) is 6. The summed E-state index contributed by atoms with van der Waals surface area (Å²) >= 11 is 4.74. The first-order chi connectivity index (χ1) is 11.8. The van der Waals surface area contributed by atoms with Crippen molar-refractivity contribution in [3.63, 3.8) is 0 Å². The lowest BCUT2D eigenvalue weighted by atomic mass is 10.2. The number of rotatable bonds is 8. The molecule has 7 nitrogen and oxygen atoms in total. The number of thiazole rings is 1. The number of hydrogen-bond donors (Lipinski definition) is 2. The number of benzene rings is 1. The Kier molecular flexibility index (Phi) is 7.08. The van der Waals surface area contributed by atoms with Crippen LogP contribution < -0.4 is 10.0 Å². The molecule has 10 heteroatoms. The molecule has 0 saturated heterocycles. The fraction of sp³-hybridized carbons (Fsp3) is 0.333. The summed E-state index contributed by atoms with van der Waals surface area (Å²) in [6.07, 6.45) is 0. The molecule has 2 N–H and O–H groups in total. The van der Waals surface area contributed by atoms with Gasteiger partial charge in [-0.15, -0.1) is 11.3 Å². The highest BCUT2D eigenvalue weighted by Crippen LogP contribution is 2.21. The van der Waals surface area contributed by atoms with E-state index in [1.54, 1.807) is 0 Å². The van der Waals surface area contributed by atoms with Crippen LogP contribution in [0.4, 0.5) is 0 Å². The molecule has 0 unspecified atom stereocenters. The Hall–Kier alpha value is -1.33. The van der Waals surface area contributed by atoms with Crippen molar-refractivity contribution in [1.82, 2.24) is 15.0 Å². The third-order valence-electron chi connectivity index (χ3n) is 3.16. The van der Waals surface area contributed by atoms with Crippen LogP contribution in [0.15, 0.2) is 32.9 Å². The summed E-state index contributed by atoms with van der Waals surface area (Å²) in [5.74, 6) is -0.381. The van der Waals surface area contributed by atoms with Crippen LogP contribution in [0.5, 0.6) is 0 Å². The number of carbonyl (C=O) groups excluding carboxylic acids is 1. The van der Waals surface area contributed by atoms with Crippen LogP contribution in [0.1, 0.15) is 21.1 Å². The van der Waals surface area contributed by atoms with Crippen molar-refractivity contribution < 1.29 is 17.9 Å². The van der Waals surface area contributed by atoms with Crippen LogP contribution in [0, 0.1) is 6.92 Å². The summed E-state index contributed by atoms with van der Waals surface area (Å²) in [6, 6.07) is 4.30. The van der Waals surface area contributed by atoms with Gasteiger partial charge in [0.05, 0.1) is 23.6 Å². The van der Waals surface area contributed by atoms with Crippen molar-refractivity contribution in [2.24, 2.45) is 0 Å². The predicted molar refractivity (Wildman–Crippen MR) is 99.2 cm³/mol. The number of carbonyl (C=O) groups is 1. The van der Waals surface area contributed by atoms with Gasteiger partial charge in [-0.3, -0.25) is 4.79 Å². The SMILES string of the molecule is COCCNS(=O)(=O)c1ccc(Br)c(C(=O)NCc2nc(C)cs2)c1. The lowest BCUT2D eigenvalue weighted by Gasteiger charge is -2.10. The summed E-state index contributed by atoms with van der Waals surface area (Å²) in [5, 5.41) is 5.43. The average Bonchev–Trinajstić information content (AvgIpc) is 2.98. The van der Waals surface area contributed by atoms with E-state index in [4.69, 9.17) is 4.74 Å². The number of aromatic nitrogens is 1. The Morgan fingerprint density at radius 2 is 2.16 bits per heavy atom. The largest absolute Gasteiger partial charge is 0.383 e. The number of amides is 1. The number of nitrogens with one attached hydrogen (secondary N) is 2. The van der Waals surface area contributed by atoms with Crippen molar-refractivity contribution in [2.75, 3.05) is 20.3 Å². The summed E-state index contributed by atoms with van der Waals surface area (Å²) < 4.78 is 32.3. The van der Waals surface area contributed by atoms with E-state index in [0.717, 1.165) is 10.7 Å². The Bertz CT molecular complexity index is 852. The minimum Gasteiger partial charge on any atom is -0.383 e. The summed E-state index contributed by atoms with van der Waals surface area (Å²) in [6.45, 7) is 2.58. The zero-order valence-electron chi connectivity index (χ0n) is 13.7. The van der Waals surface area contributed by atoms with Crippen molar-refractivity contribution in [2.45, 2.75) is 18.4 Å². The predicted octanol–water partition coefficient (Wildman–Crippen LogP) is 2.07. The number of ether oxygens (including phenoxy) is 1. The van der Waals surface area contributed by atoms with Crippen molar-refractivity contribution in [3.8, 4) is 0 Å². The molecule has 2 aromatic rings. The van der Waals surface area contributed by atoms with Crippen LogP contribution in [0.25, 0.3) is 0 Å². The third-order valence-corrected chi connectivity index (χ3v) is 6.27. The molecule has 1 aromatic heterocycles. The molecule has 1 aromatic carbocycles. The zero-order valence-corrected chi connectivity index (χ0v) is 16.9. The zero-order chi connectivity index (χ0) is 18.4. The molecule has 0 saturated carbocycles. The Morgan fingerprint density at radius 3 is 2.80 bits per heavy atom. The van der Waals surface area contributed by atoms with Crippen LogP contribution in [-0.2, 0) is 21.3 Å². The van der Waals surface area contributed by atoms with Gasteiger partial charge in [-0.05, 0) is 41.1 Å². The maximum atomic E-state index is 12.4. The molecule has 0 radical (unpaired) electrons. The molecule has 0 atom stereocenters. The van der Waals surface area contributed by atoms with Gasteiger partial charge in [0.1, 0.15) is 5.01 Å². The molecule has 1 heterocycles. The molecule has 2 rings (SSSR count). The highest BCUT2D eigenvalue weighted by molar-refractivity contribution is 9.10. The normalized spacial score (nSPS) is 11.5. The highest BCUT2D eigenvalue weighted by Gasteiger charge is 2.18. The van der Waals surface area contributed by atoms with E-state index in [-0.39, 0.29) is 36.1 Å². The van der Waals surface area contributed by atoms with E-state index in [2.05, 4.69) is 31.0 Å². The van der Waals surface area contributed by atoms with Gasteiger partial charge in [0.15, 0.2) is 0 Å². The number of halogens is 1.